The summed E-state index contributed by atoms with van der Waals surface area (Å²) >= 11 is 0. The SMILES string of the molecule is CC1(C)c2ccccc2-c2ccc(N(c3ccc4c(c3)C(C)(C)c3cc(-c5ccc6c(c5)c5ccccc5n6-c5ccccc5)ccc3-4)c3cc4ccccc4c4ccccc34)cc21. The van der Waals surface area contributed by atoms with Crippen LogP contribution < -0.4 is 4.90 Å². The lowest BCUT2D eigenvalue weighted by atomic mass is 9.81. The van der Waals surface area contributed by atoms with E-state index >= 15 is 0 Å². The highest BCUT2D eigenvalue weighted by molar-refractivity contribution is 6.15. The van der Waals surface area contributed by atoms with Crippen molar-refractivity contribution in [3.8, 4) is 39.1 Å². The number of hydrogen-bond donors (Lipinski definition) is 0. The van der Waals surface area contributed by atoms with Crippen LogP contribution in [0.1, 0.15) is 49.9 Å². The van der Waals surface area contributed by atoms with Crippen LogP contribution in [0.2, 0.25) is 0 Å². The van der Waals surface area contributed by atoms with Gasteiger partial charge in [0.2, 0.25) is 0 Å². The number of nitrogens with zero attached hydrogens (tertiary/aromatic N) is 2. The van der Waals surface area contributed by atoms with Gasteiger partial charge in [-0.2, -0.15) is 0 Å². The van der Waals surface area contributed by atoms with Crippen LogP contribution >= 0.6 is 0 Å². The van der Waals surface area contributed by atoms with Crippen LogP contribution in [-0.4, -0.2) is 4.57 Å². The second-order valence-corrected chi connectivity index (χ2v) is 18.9. The fourth-order valence-electron chi connectivity index (χ4n) is 11.5. The Morgan fingerprint density at radius 2 is 0.859 bits per heavy atom. The van der Waals surface area contributed by atoms with Crippen LogP contribution in [0.15, 0.2) is 206 Å². The Labute approximate surface area is 374 Å². The molecule has 13 rings (SSSR count). The van der Waals surface area contributed by atoms with Gasteiger partial charge >= 0.3 is 0 Å². The van der Waals surface area contributed by atoms with E-state index in [1.54, 1.807) is 0 Å². The Kier molecular flexibility index (Phi) is 7.74. The molecule has 64 heavy (non-hydrogen) atoms. The summed E-state index contributed by atoms with van der Waals surface area (Å²) in [7, 11) is 0. The van der Waals surface area contributed by atoms with Crippen molar-refractivity contribution in [2.24, 2.45) is 0 Å². The van der Waals surface area contributed by atoms with Gasteiger partial charge in [0.15, 0.2) is 0 Å². The van der Waals surface area contributed by atoms with E-state index in [4.69, 9.17) is 0 Å². The molecule has 10 aromatic carbocycles. The van der Waals surface area contributed by atoms with Crippen molar-refractivity contribution in [3.05, 3.63) is 229 Å². The summed E-state index contributed by atoms with van der Waals surface area (Å²) in [6, 6.07) is 77.1. The number of hydrogen-bond acceptors (Lipinski definition) is 1. The van der Waals surface area contributed by atoms with Gasteiger partial charge in [-0.3, -0.25) is 0 Å². The number of anilines is 3. The number of benzene rings is 10. The molecule has 304 valence electrons. The van der Waals surface area contributed by atoms with Crippen molar-refractivity contribution in [3.63, 3.8) is 0 Å². The molecule has 0 aliphatic heterocycles. The Bertz CT molecular complexity index is 3730. The van der Waals surface area contributed by atoms with Gasteiger partial charge < -0.3 is 9.47 Å². The third kappa shape index (κ3) is 5.20. The molecule has 0 atom stereocenters. The van der Waals surface area contributed by atoms with Gasteiger partial charge in [0.25, 0.3) is 0 Å². The quantitative estimate of drug-likeness (QED) is 0.157. The van der Waals surface area contributed by atoms with Crippen molar-refractivity contribution < 1.29 is 0 Å². The zero-order chi connectivity index (χ0) is 42.9. The van der Waals surface area contributed by atoms with Gasteiger partial charge in [0.05, 0.1) is 16.7 Å². The normalized spacial score (nSPS) is 14.2. The zero-order valence-corrected chi connectivity index (χ0v) is 36.5. The first-order chi connectivity index (χ1) is 31.3. The largest absolute Gasteiger partial charge is 0.310 e. The van der Waals surface area contributed by atoms with Crippen molar-refractivity contribution >= 4 is 60.4 Å². The molecular weight excluding hydrogens is 773 g/mol. The van der Waals surface area contributed by atoms with Crippen LogP contribution in [0.3, 0.4) is 0 Å². The van der Waals surface area contributed by atoms with E-state index in [0.29, 0.717) is 0 Å². The average Bonchev–Trinajstić information content (AvgIpc) is 3.88. The molecule has 0 bridgehead atoms. The predicted molar refractivity (Wildman–Crippen MR) is 271 cm³/mol. The molecule has 0 spiro atoms. The monoisotopic (exact) mass is 818 g/mol. The molecule has 2 nitrogen and oxygen atoms in total. The molecular formula is C62H46N2. The lowest BCUT2D eigenvalue weighted by Gasteiger charge is -2.31. The summed E-state index contributed by atoms with van der Waals surface area (Å²) in [5.74, 6) is 0. The third-order valence-corrected chi connectivity index (χ3v) is 14.8. The lowest BCUT2D eigenvalue weighted by molar-refractivity contribution is 0.660. The average molecular weight is 819 g/mol. The molecule has 0 saturated carbocycles. The molecule has 1 aromatic heterocycles. The van der Waals surface area contributed by atoms with Crippen molar-refractivity contribution in [1.29, 1.82) is 0 Å². The van der Waals surface area contributed by atoms with E-state index in [-0.39, 0.29) is 10.8 Å². The van der Waals surface area contributed by atoms with E-state index in [1.165, 1.54) is 116 Å². The Morgan fingerprint density at radius 3 is 1.61 bits per heavy atom. The second kappa shape index (κ2) is 13.4. The molecule has 2 aliphatic rings. The Balaban J connectivity index is 0.960. The lowest BCUT2D eigenvalue weighted by Crippen LogP contribution is -2.18. The maximum Gasteiger partial charge on any atom is 0.0546 e. The van der Waals surface area contributed by atoms with E-state index in [2.05, 4.69) is 243 Å². The van der Waals surface area contributed by atoms with Crippen LogP contribution in [0.5, 0.6) is 0 Å². The van der Waals surface area contributed by atoms with Crippen molar-refractivity contribution in [2.75, 3.05) is 4.90 Å². The minimum atomic E-state index is -0.233. The smallest absolute Gasteiger partial charge is 0.0546 e. The number of fused-ring (bicyclic) bond motifs is 12. The Morgan fingerprint density at radius 1 is 0.344 bits per heavy atom. The maximum atomic E-state index is 2.53. The minimum absolute atomic E-state index is 0.123. The summed E-state index contributed by atoms with van der Waals surface area (Å²) in [6.07, 6.45) is 0. The van der Waals surface area contributed by atoms with Crippen molar-refractivity contribution in [2.45, 2.75) is 38.5 Å². The summed E-state index contributed by atoms with van der Waals surface area (Å²) < 4.78 is 2.39. The number of rotatable bonds is 5. The highest BCUT2D eigenvalue weighted by Crippen LogP contribution is 2.54. The zero-order valence-electron chi connectivity index (χ0n) is 36.5. The highest BCUT2D eigenvalue weighted by Gasteiger charge is 2.38. The first-order valence-electron chi connectivity index (χ1n) is 22.6. The van der Waals surface area contributed by atoms with Gasteiger partial charge in [-0.25, -0.2) is 0 Å². The van der Waals surface area contributed by atoms with E-state index in [0.717, 1.165) is 5.69 Å². The Hall–Kier alpha value is -7.68. The molecule has 0 amide bonds. The van der Waals surface area contributed by atoms with Gasteiger partial charge in [-0.15, -0.1) is 0 Å². The fraction of sp³-hybridized carbons (Fsp3) is 0.0968. The molecule has 0 fully saturated rings. The maximum absolute atomic E-state index is 2.53. The fourth-order valence-corrected chi connectivity index (χ4v) is 11.5. The van der Waals surface area contributed by atoms with Crippen molar-refractivity contribution in [1.82, 2.24) is 4.57 Å². The summed E-state index contributed by atoms with van der Waals surface area (Å²) in [5.41, 5.74) is 20.0. The van der Waals surface area contributed by atoms with E-state index < -0.39 is 0 Å². The van der Waals surface area contributed by atoms with Crippen LogP contribution in [0.25, 0.3) is 82.4 Å². The molecule has 11 aromatic rings. The predicted octanol–water partition coefficient (Wildman–Crippen LogP) is 16.8. The molecule has 2 heteroatoms. The minimum Gasteiger partial charge on any atom is -0.310 e. The molecule has 0 unspecified atom stereocenters. The van der Waals surface area contributed by atoms with Crippen LogP contribution in [0.4, 0.5) is 17.1 Å². The topological polar surface area (TPSA) is 8.17 Å². The molecule has 0 N–H and O–H groups in total. The molecule has 1 heterocycles. The molecule has 0 radical (unpaired) electrons. The first kappa shape index (κ1) is 36.9. The number of aromatic nitrogens is 1. The first-order valence-corrected chi connectivity index (χ1v) is 22.6. The molecule has 2 aliphatic carbocycles. The van der Waals surface area contributed by atoms with Crippen LogP contribution in [-0.2, 0) is 10.8 Å². The van der Waals surface area contributed by atoms with E-state index in [9.17, 15) is 0 Å². The number of para-hydroxylation sites is 2. The van der Waals surface area contributed by atoms with Crippen LogP contribution in [0, 0.1) is 0 Å². The highest BCUT2D eigenvalue weighted by atomic mass is 15.1. The van der Waals surface area contributed by atoms with Gasteiger partial charge in [0, 0.05) is 44.1 Å². The van der Waals surface area contributed by atoms with Gasteiger partial charge in [0.1, 0.15) is 0 Å². The third-order valence-electron chi connectivity index (χ3n) is 14.8. The second-order valence-electron chi connectivity index (χ2n) is 18.9. The van der Waals surface area contributed by atoms with Gasteiger partial charge in [-0.05, 0) is 139 Å². The standard InChI is InChI=1S/C62H46N2/c1-61(2)54-24-14-12-21-47(54)49-31-28-43(37-56(49)61)63(60-36-41-16-8-9-19-45(41)46-20-10-11-22-51(46)60)44-29-32-50-48-30-26-40(35-55(48)62(3,4)57(50)38-44)39-27-33-59-53(34-39)52-23-13-15-25-58(52)64(59)42-17-6-5-7-18-42/h5-38H,1-4H3. The summed E-state index contributed by atoms with van der Waals surface area (Å²) in [6.45, 7) is 9.57. The summed E-state index contributed by atoms with van der Waals surface area (Å²) in [5, 5.41) is 7.54. The van der Waals surface area contributed by atoms with E-state index in [1.807, 2.05) is 0 Å². The summed E-state index contributed by atoms with van der Waals surface area (Å²) in [4.78, 5) is 2.53. The molecule has 0 saturated heterocycles. The van der Waals surface area contributed by atoms with Gasteiger partial charge in [-0.1, -0.05) is 167 Å².